The van der Waals surface area contributed by atoms with Crippen molar-refractivity contribution in [3.8, 4) is 0 Å². The highest BCUT2D eigenvalue weighted by atomic mass is 16.5. The molecule has 0 atom stereocenters. The molecule has 2 aliphatic rings. The fraction of sp³-hybridized carbons (Fsp3) is 1.00. The second-order valence-corrected chi connectivity index (χ2v) is 4.26. The van der Waals surface area contributed by atoms with Crippen molar-refractivity contribution in [2.45, 2.75) is 6.42 Å². The average Bonchev–Trinajstić information content (AvgIpc) is 2.32. The minimum atomic E-state index is 0.914. The topological polar surface area (TPSA) is 24.9 Å². The summed E-state index contributed by atoms with van der Waals surface area (Å²) in [5.41, 5.74) is 0. The van der Waals surface area contributed by atoms with Crippen molar-refractivity contribution in [1.82, 2.24) is 9.80 Å². The predicted molar refractivity (Wildman–Crippen MR) is 59.1 cm³/mol. The van der Waals surface area contributed by atoms with Gasteiger partial charge in [0.15, 0.2) is 0 Å². The van der Waals surface area contributed by atoms with Crippen LogP contribution in [0.25, 0.3) is 0 Å². The Hall–Kier alpha value is -0.160. The Morgan fingerprint density at radius 1 is 0.667 bits per heavy atom. The lowest BCUT2D eigenvalue weighted by atomic mass is 10.3. The highest BCUT2D eigenvalue weighted by Gasteiger charge is 2.12. The van der Waals surface area contributed by atoms with Crippen LogP contribution in [0.15, 0.2) is 0 Å². The third kappa shape index (κ3) is 4.07. The second kappa shape index (κ2) is 6.43. The summed E-state index contributed by atoms with van der Waals surface area (Å²) in [6, 6.07) is 0. The normalized spacial score (nSPS) is 25.6. The van der Waals surface area contributed by atoms with Crippen molar-refractivity contribution in [2.75, 3.05) is 65.7 Å². The lowest BCUT2D eigenvalue weighted by molar-refractivity contribution is 0.0249. The van der Waals surface area contributed by atoms with Crippen LogP contribution < -0.4 is 0 Å². The average molecular weight is 214 g/mol. The van der Waals surface area contributed by atoms with Gasteiger partial charge in [0.2, 0.25) is 0 Å². The summed E-state index contributed by atoms with van der Waals surface area (Å²) in [6.45, 7) is 10.6. The molecule has 0 amide bonds. The standard InChI is InChI=1S/C11H22N2O2/c1(2-12-4-8-14-9-5-12)3-13-6-10-15-11-7-13/h1-11H2. The van der Waals surface area contributed by atoms with E-state index in [0.717, 1.165) is 52.6 Å². The smallest absolute Gasteiger partial charge is 0.0594 e. The lowest BCUT2D eigenvalue weighted by Gasteiger charge is -2.29. The predicted octanol–water partition coefficient (Wildman–Crippen LogP) is 0.0409. The third-order valence-electron chi connectivity index (χ3n) is 3.16. The summed E-state index contributed by atoms with van der Waals surface area (Å²) in [5, 5.41) is 0. The molecule has 2 fully saturated rings. The second-order valence-electron chi connectivity index (χ2n) is 4.26. The van der Waals surface area contributed by atoms with Gasteiger partial charge in [-0.2, -0.15) is 0 Å². The Morgan fingerprint density at radius 3 is 1.47 bits per heavy atom. The van der Waals surface area contributed by atoms with Crippen LogP contribution in [0.2, 0.25) is 0 Å². The Bertz CT molecular complexity index is 148. The SMILES string of the molecule is C(CN1CCOCC1)CN1CCOCC1. The monoisotopic (exact) mass is 214 g/mol. The van der Waals surface area contributed by atoms with Gasteiger partial charge in [0.25, 0.3) is 0 Å². The first-order valence-corrected chi connectivity index (χ1v) is 6.05. The third-order valence-corrected chi connectivity index (χ3v) is 3.16. The fourth-order valence-corrected chi connectivity index (χ4v) is 2.17. The number of morpholine rings is 2. The lowest BCUT2D eigenvalue weighted by Crippen LogP contribution is -2.40. The molecule has 2 heterocycles. The molecular weight excluding hydrogens is 192 g/mol. The molecule has 2 rings (SSSR count). The molecule has 4 heteroatoms. The maximum Gasteiger partial charge on any atom is 0.0594 e. The number of ether oxygens (including phenoxy) is 2. The molecule has 4 nitrogen and oxygen atoms in total. The Balaban J connectivity index is 1.53. The molecule has 0 unspecified atom stereocenters. The van der Waals surface area contributed by atoms with Gasteiger partial charge in [0.1, 0.15) is 0 Å². The van der Waals surface area contributed by atoms with Crippen LogP contribution in [0.4, 0.5) is 0 Å². The van der Waals surface area contributed by atoms with E-state index in [-0.39, 0.29) is 0 Å². The van der Waals surface area contributed by atoms with Crippen LogP contribution in [0, 0.1) is 0 Å². The maximum atomic E-state index is 5.33. The van der Waals surface area contributed by atoms with Crippen molar-refractivity contribution in [1.29, 1.82) is 0 Å². The fourth-order valence-electron chi connectivity index (χ4n) is 2.17. The van der Waals surface area contributed by atoms with E-state index in [0.29, 0.717) is 0 Å². The van der Waals surface area contributed by atoms with Gasteiger partial charge in [0.05, 0.1) is 26.4 Å². The molecule has 0 aliphatic carbocycles. The molecule has 2 aliphatic heterocycles. The van der Waals surface area contributed by atoms with Gasteiger partial charge in [0, 0.05) is 26.2 Å². The first kappa shape index (κ1) is 11.3. The van der Waals surface area contributed by atoms with Gasteiger partial charge in [-0.1, -0.05) is 0 Å². The van der Waals surface area contributed by atoms with Crippen LogP contribution in [-0.4, -0.2) is 75.5 Å². The van der Waals surface area contributed by atoms with Crippen LogP contribution in [0.5, 0.6) is 0 Å². The van der Waals surface area contributed by atoms with Crippen LogP contribution >= 0.6 is 0 Å². The number of hydrogen-bond donors (Lipinski definition) is 0. The quantitative estimate of drug-likeness (QED) is 0.660. The zero-order valence-corrected chi connectivity index (χ0v) is 9.49. The van der Waals surface area contributed by atoms with Crippen molar-refractivity contribution in [3.63, 3.8) is 0 Å². The van der Waals surface area contributed by atoms with Crippen molar-refractivity contribution < 1.29 is 9.47 Å². The molecule has 0 saturated carbocycles. The van der Waals surface area contributed by atoms with Gasteiger partial charge in [-0.3, -0.25) is 9.80 Å². The maximum absolute atomic E-state index is 5.33. The van der Waals surface area contributed by atoms with E-state index in [4.69, 9.17) is 9.47 Å². The van der Waals surface area contributed by atoms with Gasteiger partial charge >= 0.3 is 0 Å². The van der Waals surface area contributed by atoms with E-state index in [2.05, 4.69) is 9.80 Å². The summed E-state index contributed by atoms with van der Waals surface area (Å²) < 4.78 is 10.7. The summed E-state index contributed by atoms with van der Waals surface area (Å²) in [5.74, 6) is 0. The van der Waals surface area contributed by atoms with E-state index in [1.165, 1.54) is 19.5 Å². The molecule has 0 bridgehead atoms. The number of nitrogens with zero attached hydrogens (tertiary/aromatic N) is 2. The van der Waals surface area contributed by atoms with E-state index in [9.17, 15) is 0 Å². The van der Waals surface area contributed by atoms with E-state index in [1.54, 1.807) is 0 Å². The number of hydrogen-bond acceptors (Lipinski definition) is 4. The van der Waals surface area contributed by atoms with Gasteiger partial charge in [-0.25, -0.2) is 0 Å². The number of rotatable bonds is 4. The summed E-state index contributed by atoms with van der Waals surface area (Å²) in [7, 11) is 0. The highest BCUT2D eigenvalue weighted by molar-refractivity contribution is 4.65. The van der Waals surface area contributed by atoms with E-state index in [1.807, 2.05) is 0 Å². The van der Waals surface area contributed by atoms with Gasteiger partial charge in [-0.05, 0) is 19.5 Å². The molecule has 0 spiro atoms. The molecule has 0 aromatic heterocycles. The molecule has 88 valence electrons. The van der Waals surface area contributed by atoms with Gasteiger partial charge in [-0.15, -0.1) is 0 Å². The van der Waals surface area contributed by atoms with Crippen molar-refractivity contribution >= 4 is 0 Å². The Labute approximate surface area is 92.1 Å². The molecule has 0 N–H and O–H groups in total. The largest absolute Gasteiger partial charge is 0.379 e. The van der Waals surface area contributed by atoms with Crippen LogP contribution in [0.3, 0.4) is 0 Å². The van der Waals surface area contributed by atoms with Crippen LogP contribution in [-0.2, 0) is 9.47 Å². The summed E-state index contributed by atoms with van der Waals surface area (Å²) >= 11 is 0. The van der Waals surface area contributed by atoms with Crippen molar-refractivity contribution in [2.24, 2.45) is 0 Å². The van der Waals surface area contributed by atoms with Crippen molar-refractivity contribution in [3.05, 3.63) is 0 Å². The molecular formula is C11H22N2O2. The van der Waals surface area contributed by atoms with Gasteiger partial charge < -0.3 is 9.47 Å². The first-order chi connectivity index (χ1) is 7.45. The molecule has 0 radical (unpaired) electrons. The zero-order chi connectivity index (χ0) is 10.3. The Morgan fingerprint density at radius 2 is 1.07 bits per heavy atom. The minimum absolute atomic E-state index is 0.914. The summed E-state index contributed by atoms with van der Waals surface area (Å²) in [4.78, 5) is 5.01. The van der Waals surface area contributed by atoms with E-state index < -0.39 is 0 Å². The highest BCUT2D eigenvalue weighted by Crippen LogP contribution is 2.01. The molecule has 15 heavy (non-hydrogen) atoms. The molecule has 0 aromatic carbocycles. The van der Waals surface area contributed by atoms with Crippen LogP contribution in [0.1, 0.15) is 6.42 Å². The van der Waals surface area contributed by atoms with E-state index >= 15 is 0 Å². The zero-order valence-electron chi connectivity index (χ0n) is 9.49. The first-order valence-electron chi connectivity index (χ1n) is 6.05. The minimum Gasteiger partial charge on any atom is -0.379 e. The summed E-state index contributed by atoms with van der Waals surface area (Å²) in [6.07, 6.45) is 1.28. The molecule has 0 aromatic rings. The Kier molecular flexibility index (Phi) is 4.86. The molecule has 2 saturated heterocycles.